The van der Waals surface area contributed by atoms with Crippen molar-refractivity contribution >= 4 is 33.2 Å². The van der Waals surface area contributed by atoms with Crippen molar-refractivity contribution in [3.8, 4) is 22.6 Å². The molecule has 7 nitrogen and oxygen atoms in total. The number of carbonyl (C=O) groups is 1. The molecule has 0 radical (unpaired) electrons. The van der Waals surface area contributed by atoms with Crippen LogP contribution in [0.3, 0.4) is 0 Å². The van der Waals surface area contributed by atoms with Crippen molar-refractivity contribution in [1.29, 1.82) is 0 Å². The van der Waals surface area contributed by atoms with Crippen molar-refractivity contribution in [3.63, 3.8) is 0 Å². The highest BCUT2D eigenvalue weighted by Gasteiger charge is 2.29. The van der Waals surface area contributed by atoms with Gasteiger partial charge in [-0.05, 0) is 18.7 Å². The van der Waals surface area contributed by atoms with Gasteiger partial charge in [0, 0.05) is 41.7 Å². The molecule has 1 aliphatic rings. The average Bonchev–Trinajstić information content (AvgIpc) is 3.07. The number of anilines is 1. The number of para-hydroxylation sites is 1. The number of nitrogen functional groups attached to an aromatic ring is 1. The van der Waals surface area contributed by atoms with Crippen LogP contribution in [0.5, 0.6) is 11.5 Å². The van der Waals surface area contributed by atoms with Crippen LogP contribution in [-0.4, -0.2) is 50.8 Å². The van der Waals surface area contributed by atoms with Gasteiger partial charge in [0.25, 0.3) is 0 Å². The molecule has 2 aromatic heterocycles. The lowest BCUT2D eigenvalue weighted by molar-refractivity contribution is 0.0607. The lowest BCUT2D eigenvalue weighted by Crippen LogP contribution is -2.28. The fraction of sp³-hybridized carbons (Fsp3) is 0.333. The van der Waals surface area contributed by atoms with Gasteiger partial charge in [-0.25, -0.2) is 9.78 Å². The van der Waals surface area contributed by atoms with Gasteiger partial charge in [-0.3, -0.25) is 0 Å². The molecular formula is C21H23N3O4S. The smallest absolute Gasteiger partial charge is 0.350 e. The second kappa shape index (κ2) is 7.53. The van der Waals surface area contributed by atoms with Crippen molar-refractivity contribution in [1.82, 2.24) is 9.88 Å². The van der Waals surface area contributed by atoms with E-state index in [0.717, 1.165) is 52.1 Å². The van der Waals surface area contributed by atoms with Gasteiger partial charge in [-0.2, -0.15) is 0 Å². The van der Waals surface area contributed by atoms with Crippen molar-refractivity contribution in [2.24, 2.45) is 0 Å². The molecule has 0 fully saturated rings. The zero-order valence-corrected chi connectivity index (χ0v) is 17.7. The molecule has 0 bridgehead atoms. The summed E-state index contributed by atoms with van der Waals surface area (Å²) in [6, 6.07) is 5.77. The number of likely N-dealkylation sites (N-methyl/N-ethyl adjacent to an activating group) is 1. The standard InChI is InChI=1S/C21H23N3O4S/c1-24-9-8-13-12(10-24)15(11-6-5-7-14(26-2)18(11)27-3)16-17(22)19(21(25)28-4)29-20(16)23-13/h5-7H,8-10,22H2,1-4H3. The van der Waals surface area contributed by atoms with E-state index in [9.17, 15) is 4.79 Å². The molecule has 152 valence electrons. The molecule has 29 heavy (non-hydrogen) atoms. The molecule has 0 saturated heterocycles. The number of methoxy groups -OCH3 is 3. The number of ether oxygens (including phenoxy) is 3. The lowest BCUT2D eigenvalue weighted by atomic mass is 9.91. The van der Waals surface area contributed by atoms with E-state index in [1.807, 2.05) is 18.2 Å². The molecule has 0 saturated carbocycles. The maximum Gasteiger partial charge on any atom is 0.350 e. The number of carbonyl (C=O) groups excluding carboxylic acids is 1. The Balaban J connectivity index is 2.13. The molecular weight excluding hydrogens is 390 g/mol. The van der Waals surface area contributed by atoms with E-state index in [0.29, 0.717) is 22.1 Å². The van der Waals surface area contributed by atoms with Crippen LogP contribution in [0.25, 0.3) is 21.3 Å². The van der Waals surface area contributed by atoms with Crippen LogP contribution in [0.1, 0.15) is 20.9 Å². The number of hydrogen-bond donors (Lipinski definition) is 1. The third-order valence-electron chi connectivity index (χ3n) is 5.26. The van der Waals surface area contributed by atoms with Crippen LogP contribution in [0.15, 0.2) is 18.2 Å². The Bertz CT molecular complexity index is 1110. The first-order valence-electron chi connectivity index (χ1n) is 9.22. The second-order valence-corrected chi connectivity index (χ2v) is 7.96. The van der Waals surface area contributed by atoms with E-state index < -0.39 is 5.97 Å². The summed E-state index contributed by atoms with van der Waals surface area (Å²) in [7, 11) is 6.67. The van der Waals surface area contributed by atoms with Gasteiger partial charge in [-0.1, -0.05) is 12.1 Å². The van der Waals surface area contributed by atoms with Gasteiger partial charge in [0.1, 0.15) is 9.71 Å². The van der Waals surface area contributed by atoms with Gasteiger partial charge in [-0.15, -0.1) is 11.3 Å². The van der Waals surface area contributed by atoms with E-state index in [1.54, 1.807) is 14.2 Å². The number of rotatable bonds is 4. The largest absolute Gasteiger partial charge is 0.493 e. The molecule has 4 rings (SSSR count). The molecule has 0 spiro atoms. The van der Waals surface area contributed by atoms with Crippen molar-refractivity contribution in [3.05, 3.63) is 34.3 Å². The summed E-state index contributed by atoms with van der Waals surface area (Å²) in [6.07, 6.45) is 0.826. The predicted octanol–water partition coefficient (Wildman–Crippen LogP) is 3.34. The Morgan fingerprint density at radius 3 is 2.72 bits per heavy atom. The summed E-state index contributed by atoms with van der Waals surface area (Å²) in [4.78, 5) is 20.5. The summed E-state index contributed by atoms with van der Waals surface area (Å²) < 4.78 is 16.2. The minimum absolute atomic E-state index is 0.369. The van der Waals surface area contributed by atoms with E-state index in [2.05, 4.69) is 11.9 Å². The first-order valence-corrected chi connectivity index (χ1v) is 10.0. The van der Waals surface area contributed by atoms with Crippen LogP contribution in [0, 0.1) is 0 Å². The summed E-state index contributed by atoms with van der Waals surface area (Å²) in [5, 5.41) is 0.760. The number of nitrogens with zero attached hydrogens (tertiary/aromatic N) is 2. The van der Waals surface area contributed by atoms with Gasteiger partial charge in [0.2, 0.25) is 0 Å². The molecule has 1 aliphatic heterocycles. The summed E-state index contributed by atoms with van der Waals surface area (Å²) >= 11 is 1.27. The number of nitrogens with two attached hydrogens (primary N) is 1. The number of hydrogen-bond acceptors (Lipinski definition) is 8. The molecule has 1 aromatic carbocycles. The number of benzene rings is 1. The predicted molar refractivity (Wildman–Crippen MR) is 114 cm³/mol. The van der Waals surface area contributed by atoms with Crippen molar-refractivity contribution < 1.29 is 19.0 Å². The number of fused-ring (bicyclic) bond motifs is 2. The van der Waals surface area contributed by atoms with Gasteiger partial charge in [0.05, 0.1) is 27.0 Å². The SMILES string of the molecule is COC(=O)c1sc2nc3c(c(-c4cccc(OC)c4OC)c2c1N)CN(C)CC3. The average molecular weight is 413 g/mol. The summed E-state index contributed by atoms with van der Waals surface area (Å²) in [5.41, 5.74) is 10.8. The summed E-state index contributed by atoms with van der Waals surface area (Å²) in [5.74, 6) is 0.808. The number of pyridine rings is 1. The molecule has 0 amide bonds. The zero-order valence-electron chi connectivity index (χ0n) is 16.9. The van der Waals surface area contributed by atoms with Gasteiger partial charge < -0.3 is 24.8 Å². The second-order valence-electron chi connectivity index (χ2n) is 6.96. The third kappa shape index (κ3) is 3.08. The Hall–Kier alpha value is -2.84. The third-order valence-corrected chi connectivity index (χ3v) is 6.34. The van der Waals surface area contributed by atoms with Crippen molar-refractivity contribution in [2.45, 2.75) is 13.0 Å². The highest BCUT2D eigenvalue weighted by Crippen LogP contribution is 2.47. The molecule has 3 aromatic rings. The Labute approximate surface area is 173 Å². The quantitative estimate of drug-likeness (QED) is 0.657. The Morgan fingerprint density at radius 2 is 2.03 bits per heavy atom. The molecule has 2 N–H and O–H groups in total. The first-order chi connectivity index (χ1) is 14.0. The van der Waals surface area contributed by atoms with Crippen LogP contribution in [0.4, 0.5) is 5.69 Å². The van der Waals surface area contributed by atoms with Crippen LogP contribution < -0.4 is 15.2 Å². The first kappa shape index (κ1) is 19.5. The fourth-order valence-corrected chi connectivity index (χ4v) is 4.93. The monoisotopic (exact) mass is 413 g/mol. The number of thiophene rings is 1. The van der Waals surface area contributed by atoms with E-state index in [-0.39, 0.29) is 0 Å². The normalized spacial score (nSPS) is 13.9. The minimum Gasteiger partial charge on any atom is -0.493 e. The van der Waals surface area contributed by atoms with E-state index in [4.69, 9.17) is 24.9 Å². The molecule has 0 atom stereocenters. The molecule has 3 heterocycles. The number of esters is 1. The highest BCUT2D eigenvalue weighted by atomic mass is 32.1. The van der Waals surface area contributed by atoms with E-state index >= 15 is 0 Å². The van der Waals surface area contributed by atoms with Crippen LogP contribution >= 0.6 is 11.3 Å². The molecule has 8 heteroatoms. The zero-order chi connectivity index (χ0) is 20.7. The van der Waals surface area contributed by atoms with Crippen LogP contribution in [-0.2, 0) is 17.7 Å². The maximum absolute atomic E-state index is 12.3. The van der Waals surface area contributed by atoms with Gasteiger partial charge in [0.15, 0.2) is 11.5 Å². The van der Waals surface area contributed by atoms with Crippen LogP contribution in [0.2, 0.25) is 0 Å². The fourth-order valence-electron chi connectivity index (χ4n) is 3.89. The molecule has 0 aliphatic carbocycles. The number of aromatic nitrogens is 1. The lowest BCUT2D eigenvalue weighted by Gasteiger charge is -2.27. The van der Waals surface area contributed by atoms with E-state index in [1.165, 1.54) is 18.4 Å². The highest BCUT2D eigenvalue weighted by molar-refractivity contribution is 7.21. The topological polar surface area (TPSA) is 86.9 Å². The Kier molecular flexibility index (Phi) is 5.06. The minimum atomic E-state index is -0.454. The molecule has 0 unspecified atom stereocenters. The Morgan fingerprint density at radius 1 is 1.24 bits per heavy atom. The van der Waals surface area contributed by atoms with Crippen molar-refractivity contribution in [2.75, 3.05) is 40.7 Å². The van der Waals surface area contributed by atoms with Gasteiger partial charge >= 0.3 is 5.97 Å². The summed E-state index contributed by atoms with van der Waals surface area (Å²) in [6.45, 7) is 1.65. The maximum atomic E-state index is 12.3.